The number of nitrogens with zero attached hydrogens (tertiary/aromatic N) is 2. The van der Waals surface area contributed by atoms with E-state index in [0.717, 1.165) is 45.5 Å². The van der Waals surface area contributed by atoms with E-state index in [1.54, 1.807) is 0 Å². The summed E-state index contributed by atoms with van der Waals surface area (Å²) < 4.78 is 0. The van der Waals surface area contributed by atoms with Gasteiger partial charge in [-0.3, -0.25) is 4.98 Å². The maximum atomic E-state index is 4.26. The number of aromatic nitrogens is 1. The molecule has 0 saturated heterocycles. The van der Waals surface area contributed by atoms with Crippen molar-refractivity contribution >= 4 is 39.2 Å². The van der Waals surface area contributed by atoms with E-state index >= 15 is 0 Å². The molecule has 0 unspecified atom stereocenters. The van der Waals surface area contributed by atoms with E-state index in [9.17, 15) is 0 Å². The van der Waals surface area contributed by atoms with Crippen molar-refractivity contribution in [1.82, 2.24) is 4.98 Å². The first kappa shape index (κ1) is 24.3. The molecule has 4 aromatic rings. The third-order valence-corrected chi connectivity index (χ3v) is 6.60. The molecule has 2 N–H and O–H groups in total. The highest BCUT2D eigenvalue weighted by Gasteiger charge is 2.19. The molecule has 4 nitrogen and oxygen atoms in total. The van der Waals surface area contributed by atoms with Crippen LogP contribution in [0.4, 0.5) is 28.4 Å². The number of nitrogens with one attached hydrogen (secondary N) is 2. The summed E-state index contributed by atoms with van der Waals surface area (Å²) >= 11 is 0. The van der Waals surface area contributed by atoms with Gasteiger partial charge in [0.05, 0.1) is 11.4 Å². The number of hydrogen-bond acceptors (Lipinski definition) is 4. The Kier molecular flexibility index (Phi) is 6.83. The average Bonchev–Trinajstić information content (AvgIpc) is 2.85. The predicted octanol–water partition coefficient (Wildman–Crippen LogP) is 8.47. The first-order valence-corrected chi connectivity index (χ1v) is 12.2. The molecule has 0 aliphatic rings. The van der Waals surface area contributed by atoms with Gasteiger partial charge in [0.1, 0.15) is 0 Å². The van der Waals surface area contributed by atoms with Crippen LogP contribution in [0.1, 0.15) is 44.4 Å². The van der Waals surface area contributed by atoms with Crippen molar-refractivity contribution in [2.45, 2.75) is 46.5 Å². The van der Waals surface area contributed by atoms with Crippen molar-refractivity contribution in [2.24, 2.45) is 0 Å². The molecule has 4 heteroatoms. The van der Waals surface area contributed by atoms with Crippen molar-refractivity contribution in [3.8, 4) is 0 Å². The minimum absolute atomic E-state index is 0.0487. The minimum Gasteiger partial charge on any atom is -0.388 e. The maximum absolute atomic E-state index is 4.26. The molecule has 4 rings (SSSR count). The fourth-order valence-electron chi connectivity index (χ4n) is 4.63. The quantitative estimate of drug-likeness (QED) is 0.288. The summed E-state index contributed by atoms with van der Waals surface area (Å²) in [6.45, 7) is 15.2. The largest absolute Gasteiger partial charge is 0.388 e. The van der Waals surface area contributed by atoms with Gasteiger partial charge in [-0.2, -0.15) is 0 Å². The summed E-state index contributed by atoms with van der Waals surface area (Å²) in [5, 5.41) is 9.53. The van der Waals surface area contributed by atoms with Crippen molar-refractivity contribution in [2.75, 3.05) is 22.6 Å². The molecular weight excluding hydrogens is 428 g/mol. The van der Waals surface area contributed by atoms with Crippen LogP contribution in [0, 0.1) is 6.92 Å². The fourth-order valence-corrected chi connectivity index (χ4v) is 4.63. The Hall–Kier alpha value is -3.79. The van der Waals surface area contributed by atoms with Crippen molar-refractivity contribution in [3.05, 3.63) is 96.5 Å². The van der Waals surface area contributed by atoms with Crippen LogP contribution < -0.4 is 15.5 Å². The number of pyridine rings is 1. The molecule has 0 bridgehead atoms. The highest BCUT2D eigenvalue weighted by molar-refractivity contribution is 6.04. The van der Waals surface area contributed by atoms with Gasteiger partial charge in [0, 0.05) is 53.5 Å². The van der Waals surface area contributed by atoms with E-state index in [1.807, 2.05) is 31.7 Å². The first-order chi connectivity index (χ1) is 16.8. The Balaban J connectivity index is 1.86. The third kappa shape index (κ3) is 4.74. The van der Waals surface area contributed by atoms with Crippen LogP contribution in [0.3, 0.4) is 0 Å². The molecule has 0 aliphatic heterocycles. The fraction of sp³-hybridized carbons (Fsp3) is 0.258. The van der Waals surface area contributed by atoms with Crippen LogP contribution in [0.5, 0.6) is 0 Å². The van der Waals surface area contributed by atoms with Gasteiger partial charge in [-0.15, -0.1) is 0 Å². The van der Waals surface area contributed by atoms with E-state index in [1.165, 1.54) is 16.8 Å². The van der Waals surface area contributed by atoms with Gasteiger partial charge in [-0.05, 0) is 65.8 Å². The summed E-state index contributed by atoms with van der Waals surface area (Å²) in [5.41, 5.74) is 9.31. The zero-order valence-corrected chi connectivity index (χ0v) is 21.7. The van der Waals surface area contributed by atoms with Crippen molar-refractivity contribution in [3.63, 3.8) is 0 Å². The zero-order chi connectivity index (χ0) is 25.2. The second kappa shape index (κ2) is 9.83. The molecular formula is C31H36N4. The molecule has 0 saturated carbocycles. The van der Waals surface area contributed by atoms with Gasteiger partial charge in [0.2, 0.25) is 0 Å². The summed E-state index contributed by atoms with van der Waals surface area (Å²) in [6, 6.07) is 19.5. The molecule has 1 heterocycles. The summed E-state index contributed by atoms with van der Waals surface area (Å²) in [7, 11) is 2.00. The monoisotopic (exact) mass is 464 g/mol. The SMILES string of the molecule is C=CN(c1ccncc1C)c1ccc(Nc2cc(C(C)(C)C)cc(NC)c2CC)c2ccccc12. The minimum atomic E-state index is 0.0487. The van der Waals surface area contributed by atoms with Gasteiger partial charge >= 0.3 is 0 Å². The van der Waals surface area contributed by atoms with E-state index in [4.69, 9.17) is 0 Å². The van der Waals surface area contributed by atoms with Crippen LogP contribution in [0.2, 0.25) is 0 Å². The topological polar surface area (TPSA) is 40.2 Å². The first-order valence-electron chi connectivity index (χ1n) is 12.2. The molecule has 0 amide bonds. The van der Waals surface area contributed by atoms with E-state index in [2.05, 4.69) is 110 Å². The van der Waals surface area contributed by atoms with Gasteiger partial charge in [-0.25, -0.2) is 0 Å². The lowest BCUT2D eigenvalue weighted by atomic mass is 9.85. The molecule has 0 spiro atoms. The molecule has 0 radical (unpaired) electrons. The Morgan fingerprint density at radius 1 is 0.943 bits per heavy atom. The lowest BCUT2D eigenvalue weighted by Gasteiger charge is -2.26. The lowest BCUT2D eigenvalue weighted by molar-refractivity contribution is 0.590. The maximum Gasteiger partial charge on any atom is 0.0535 e. The normalized spacial score (nSPS) is 11.4. The average molecular weight is 465 g/mol. The number of fused-ring (bicyclic) bond motifs is 1. The summed E-state index contributed by atoms with van der Waals surface area (Å²) in [6.07, 6.45) is 6.52. The Bertz CT molecular complexity index is 1360. The molecule has 0 aliphatic carbocycles. The van der Waals surface area contributed by atoms with Crippen LogP contribution in [-0.2, 0) is 11.8 Å². The third-order valence-electron chi connectivity index (χ3n) is 6.60. The number of rotatable bonds is 7. The van der Waals surface area contributed by atoms with Crippen LogP contribution in [0.15, 0.2) is 79.8 Å². The standard InChI is InChI=1S/C31H36N4/c1-8-23-27(32-7)18-22(31(4,5)6)19-28(23)34-26-14-15-30(25-13-11-10-12-24(25)26)35(9-2)29-16-17-33-20-21(29)3/h9-20,32,34H,2,8H2,1,3-7H3. The van der Waals surface area contributed by atoms with E-state index in [-0.39, 0.29) is 5.41 Å². The van der Waals surface area contributed by atoms with Crippen molar-refractivity contribution in [1.29, 1.82) is 0 Å². The molecule has 0 atom stereocenters. The highest BCUT2D eigenvalue weighted by atomic mass is 15.1. The smallest absolute Gasteiger partial charge is 0.0535 e. The van der Waals surface area contributed by atoms with Crippen LogP contribution >= 0.6 is 0 Å². The van der Waals surface area contributed by atoms with E-state index < -0.39 is 0 Å². The van der Waals surface area contributed by atoms with Gasteiger partial charge in [0.25, 0.3) is 0 Å². The van der Waals surface area contributed by atoms with Crippen LogP contribution in [0.25, 0.3) is 10.8 Å². The number of anilines is 5. The second-order valence-corrected chi connectivity index (χ2v) is 9.92. The Morgan fingerprint density at radius 3 is 2.29 bits per heavy atom. The Labute approximate surface area is 209 Å². The molecule has 1 aromatic heterocycles. The summed E-state index contributed by atoms with van der Waals surface area (Å²) in [5.74, 6) is 0. The highest BCUT2D eigenvalue weighted by Crippen LogP contribution is 2.40. The lowest BCUT2D eigenvalue weighted by Crippen LogP contribution is -2.13. The number of aryl methyl sites for hydroxylation is 1. The summed E-state index contributed by atoms with van der Waals surface area (Å²) in [4.78, 5) is 6.40. The van der Waals surface area contributed by atoms with Gasteiger partial charge in [0.15, 0.2) is 0 Å². The number of benzene rings is 3. The van der Waals surface area contributed by atoms with E-state index in [0.29, 0.717) is 0 Å². The van der Waals surface area contributed by atoms with Crippen LogP contribution in [-0.4, -0.2) is 12.0 Å². The molecule has 3 aromatic carbocycles. The predicted molar refractivity (Wildman–Crippen MR) is 153 cm³/mol. The second-order valence-electron chi connectivity index (χ2n) is 9.92. The van der Waals surface area contributed by atoms with Crippen molar-refractivity contribution < 1.29 is 0 Å². The molecule has 180 valence electrons. The molecule has 0 fully saturated rings. The van der Waals surface area contributed by atoms with Gasteiger partial charge < -0.3 is 15.5 Å². The zero-order valence-electron chi connectivity index (χ0n) is 21.7. The van der Waals surface area contributed by atoms with Gasteiger partial charge in [-0.1, -0.05) is 58.5 Å². The molecule has 35 heavy (non-hydrogen) atoms. The Morgan fingerprint density at radius 2 is 1.66 bits per heavy atom. The number of hydrogen-bond donors (Lipinski definition) is 2.